The molecule has 0 saturated heterocycles. The summed E-state index contributed by atoms with van der Waals surface area (Å²) >= 11 is 0. The predicted molar refractivity (Wildman–Crippen MR) is 84.4 cm³/mol. The van der Waals surface area contributed by atoms with Gasteiger partial charge in [0, 0.05) is 30.0 Å². The lowest BCUT2D eigenvalue weighted by Crippen LogP contribution is -2.43. The van der Waals surface area contributed by atoms with Crippen molar-refractivity contribution >= 4 is 5.91 Å². The Balaban J connectivity index is 1.95. The molecule has 1 aromatic rings. The van der Waals surface area contributed by atoms with Gasteiger partial charge in [0.05, 0.1) is 5.69 Å². The van der Waals surface area contributed by atoms with E-state index in [0.717, 1.165) is 42.7 Å². The second-order valence-electron chi connectivity index (χ2n) is 6.60. The molecule has 1 aliphatic rings. The molecule has 124 valence electrons. The first-order valence-corrected chi connectivity index (χ1v) is 8.36. The molecule has 0 aliphatic heterocycles. The van der Waals surface area contributed by atoms with Gasteiger partial charge >= 0.3 is 0 Å². The maximum absolute atomic E-state index is 12.5. The van der Waals surface area contributed by atoms with E-state index in [9.17, 15) is 9.90 Å². The highest BCUT2D eigenvalue weighted by molar-refractivity contribution is 5.79. The van der Waals surface area contributed by atoms with E-state index in [1.165, 1.54) is 6.42 Å². The van der Waals surface area contributed by atoms with Crippen molar-refractivity contribution in [2.75, 3.05) is 6.61 Å². The van der Waals surface area contributed by atoms with Crippen LogP contribution < -0.4 is 5.32 Å². The lowest BCUT2D eigenvalue weighted by atomic mass is 9.93. The van der Waals surface area contributed by atoms with Gasteiger partial charge in [-0.25, -0.2) is 0 Å². The van der Waals surface area contributed by atoms with Gasteiger partial charge in [0.2, 0.25) is 5.91 Å². The lowest BCUT2D eigenvalue weighted by Gasteiger charge is -2.26. The molecule has 1 amide bonds. The summed E-state index contributed by atoms with van der Waals surface area (Å²) in [5.74, 6) is 0.919. The van der Waals surface area contributed by atoms with Crippen molar-refractivity contribution in [3.63, 3.8) is 0 Å². The highest BCUT2D eigenvalue weighted by Crippen LogP contribution is 2.24. The molecule has 1 aromatic heterocycles. The smallest absolute Gasteiger partial charge is 0.223 e. The SMILES string of the molecule is Cc1noc(C)c1CC(C)C(=O)NC1CCCCCC1CO. The van der Waals surface area contributed by atoms with Crippen LogP contribution in [0, 0.1) is 25.7 Å². The minimum absolute atomic E-state index is 0.0605. The van der Waals surface area contributed by atoms with Crippen molar-refractivity contribution in [3.05, 3.63) is 17.0 Å². The van der Waals surface area contributed by atoms with E-state index in [0.29, 0.717) is 6.42 Å². The number of aliphatic hydroxyl groups is 1. The Morgan fingerprint density at radius 1 is 1.36 bits per heavy atom. The lowest BCUT2D eigenvalue weighted by molar-refractivity contribution is -0.125. The first-order chi connectivity index (χ1) is 10.5. The number of nitrogens with zero attached hydrogens (tertiary/aromatic N) is 1. The number of nitrogens with one attached hydrogen (secondary N) is 1. The Hall–Kier alpha value is -1.36. The third-order valence-corrected chi connectivity index (χ3v) is 4.86. The van der Waals surface area contributed by atoms with Gasteiger partial charge < -0.3 is 14.9 Å². The molecule has 0 radical (unpaired) electrons. The Labute approximate surface area is 132 Å². The third-order valence-electron chi connectivity index (χ3n) is 4.86. The molecule has 0 aromatic carbocycles. The second kappa shape index (κ2) is 7.77. The normalized spacial score (nSPS) is 23.8. The maximum Gasteiger partial charge on any atom is 0.223 e. The van der Waals surface area contributed by atoms with Crippen LogP contribution in [0.3, 0.4) is 0 Å². The van der Waals surface area contributed by atoms with E-state index in [2.05, 4.69) is 10.5 Å². The maximum atomic E-state index is 12.5. The van der Waals surface area contributed by atoms with Gasteiger partial charge in [0.15, 0.2) is 0 Å². The van der Waals surface area contributed by atoms with Crippen molar-refractivity contribution in [3.8, 4) is 0 Å². The zero-order valence-corrected chi connectivity index (χ0v) is 13.9. The van der Waals surface area contributed by atoms with Crippen LogP contribution >= 0.6 is 0 Å². The average Bonchev–Trinajstić information content (AvgIpc) is 2.70. The van der Waals surface area contributed by atoms with E-state index in [1.807, 2.05) is 20.8 Å². The third kappa shape index (κ3) is 4.09. The molecule has 3 unspecified atom stereocenters. The first-order valence-electron chi connectivity index (χ1n) is 8.36. The molecule has 2 rings (SSSR count). The number of aliphatic hydroxyl groups excluding tert-OH is 1. The van der Waals surface area contributed by atoms with Crippen LogP contribution in [0.25, 0.3) is 0 Å². The summed E-state index contributed by atoms with van der Waals surface area (Å²) in [6, 6.07) is 0.104. The summed E-state index contributed by atoms with van der Waals surface area (Å²) in [5, 5.41) is 16.6. The number of carbonyl (C=O) groups is 1. The van der Waals surface area contributed by atoms with E-state index >= 15 is 0 Å². The van der Waals surface area contributed by atoms with Crippen molar-refractivity contribution in [1.29, 1.82) is 0 Å². The molecule has 2 N–H and O–H groups in total. The number of hydrogen-bond acceptors (Lipinski definition) is 4. The van der Waals surface area contributed by atoms with Gasteiger partial charge in [-0.3, -0.25) is 4.79 Å². The Bertz CT molecular complexity index is 479. The number of rotatable bonds is 5. The van der Waals surface area contributed by atoms with E-state index in [1.54, 1.807) is 0 Å². The molecule has 1 heterocycles. The summed E-state index contributed by atoms with van der Waals surface area (Å²) in [6.07, 6.45) is 6.07. The molecule has 1 saturated carbocycles. The quantitative estimate of drug-likeness (QED) is 0.820. The molecular weight excluding hydrogens is 280 g/mol. The van der Waals surface area contributed by atoms with Crippen LogP contribution in [0.5, 0.6) is 0 Å². The van der Waals surface area contributed by atoms with Gasteiger partial charge in [0.1, 0.15) is 5.76 Å². The zero-order valence-electron chi connectivity index (χ0n) is 13.9. The van der Waals surface area contributed by atoms with Crippen molar-refractivity contribution in [2.45, 2.75) is 65.3 Å². The van der Waals surface area contributed by atoms with Crippen LogP contribution in [0.1, 0.15) is 56.0 Å². The van der Waals surface area contributed by atoms with Crippen molar-refractivity contribution < 1.29 is 14.4 Å². The summed E-state index contributed by atoms with van der Waals surface area (Å²) in [7, 11) is 0. The summed E-state index contributed by atoms with van der Waals surface area (Å²) < 4.78 is 5.16. The van der Waals surface area contributed by atoms with Gasteiger partial charge in [0.25, 0.3) is 0 Å². The fourth-order valence-corrected chi connectivity index (χ4v) is 3.31. The fourth-order valence-electron chi connectivity index (χ4n) is 3.31. The standard InChI is InChI=1S/C17H28N2O3/c1-11(9-15-12(2)19-22-13(15)3)17(21)18-16-8-6-4-5-7-14(16)10-20/h11,14,16,20H,4-10H2,1-3H3,(H,18,21). The molecule has 1 fully saturated rings. The van der Waals surface area contributed by atoms with Gasteiger partial charge in [-0.05, 0) is 33.1 Å². The largest absolute Gasteiger partial charge is 0.396 e. The second-order valence-corrected chi connectivity index (χ2v) is 6.60. The first kappa shape index (κ1) is 17.0. The van der Waals surface area contributed by atoms with E-state index < -0.39 is 0 Å². The molecule has 3 atom stereocenters. The molecule has 0 spiro atoms. The summed E-state index contributed by atoms with van der Waals surface area (Å²) in [4.78, 5) is 12.5. The monoisotopic (exact) mass is 308 g/mol. The Morgan fingerprint density at radius 3 is 2.73 bits per heavy atom. The van der Waals surface area contributed by atoms with Crippen LogP contribution in [0.4, 0.5) is 0 Å². The highest BCUT2D eigenvalue weighted by atomic mass is 16.5. The van der Waals surface area contributed by atoms with Crippen LogP contribution in [-0.4, -0.2) is 28.8 Å². The molecular formula is C17H28N2O3. The number of amides is 1. The van der Waals surface area contributed by atoms with E-state index in [4.69, 9.17) is 4.52 Å². The minimum Gasteiger partial charge on any atom is -0.396 e. The predicted octanol–water partition coefficient (Wildman–Crippen LogP) is 2.53. The number of aromatic nitrogens is 1. The topological polar surface area (TPSA) is 75.4 Å². The summed E-state index contributed by atoms with van der Waals surface area (Å²) in [5.41, 5.74) is 1.89. The highest BCUT2D eigenvalue weighted by Gasteiger charge is 2.27. The van der Waals surface area contributed by atoms with Gasteiger partial charge in [-0.1, -0.05) is 31.3 Å². The number of carbonyl (C=O) groups excluding carboxylic acids is 1. The van der Waals surface area contributed by atoms with Crippen LogP contribution in [0.15, 0.2) is 4.52 Å². The number of hydrogen-bond donors (Lipinski definition) is 2. The molecule has 22 heavy (non-hydrogen) atoms. The van der Waals surface area contributed by atoms with Gasteiger partial charge in [-0.15, -0.1) is 0 Å². The average molecular weight is 308 g/mol. The summed E-state index contributed by atoms with van der Waals surface area (Å²) in [6.45, 7) is 5.88. The fraction of sp³-hybridized carbons (Fsp3) is 0.765. The minimum atomic E-state index is -0.126. The van der Waals surface area contributed by atoms with Crippen molar-refractivity contribution in [1.82, 2.24) is 10.5 Å². The van der Waals surface area contributed by atoms with E-state index in [-0.39, 0.29) is 30.4 Å². The molecule has 5 heteroatoms. The molecule has 1 aliphatic carbocycles. The Kier molecular flexibility index (Phi) is 6.00. The molecule has 0 bridgehead atoms. The zero-order chi connectivity index (χ0) is 16.1. The van der Waals surface area contributed by atoms with Crippen LogP contribution in [-0.2, 0) is 11.2 Å². The Morgan fingerprint density at radius 2 is 2.09 bits per heavy atom. The van der Waals surface area contributed by atoms with Gasteiger partial charge in [-0.2, -0.15) is 0 Å². The van der Waals surface area contributed by atoms with Crippen molar-refractivity contribution in [2.24, 2.45) is 11.8 Å². The molecule has 5 nitrogen and oxygen atoms in total. The van der Waals surface area contributed by atoms with Crippen LogP contribution in [0.2, 0.25) is 0 Å². The number of aryl methyl sites for hydroxylation is 2.